The summed E-state index contributed by atoms with van der Waals surface area (Å²) in [7, 11) is 0. The van der Waals surface area contributed by atoms with Gasteiger partial charge in [-0.25, -0.2) is 9.78 Å². The van der Waals surface area contributed by atoms with Crippen LogP contribution in [-0.4, -0.2) is 27.6 Å². The van der Waals surface area contributed by atoms with E-state index in [1.165, 1.54) is 0 Å². The molecule has 0 bridgehead atoms. The third kappa shape index (κ3) is 5.43. The minimum absolute atomic E-state index is 0.214. The summed E-state index contributed by atoms with van der Waals surface area (Å²) in [6, 6.07) is 16.1. The van der Waals surface area contributed by atoms with Gasteiger partial charge in [-0.15, -0.1) is 0 Å². The lowest BCUT2D eigenvalue weighted by Gasteiger charge is -2.10. The molecule has 0 radical (unpaired) electrons. The van der Waals surface area contributed by atoms with Crippen molar-refractivity contribution < 1.29 is 9.90 Å². The lowest BCUT2D eigenvalue weighted by molar-refractivity contribution is 0.0697. The van der Waals surface area contributed by atoms with E-state index in [-0.39, 0.29) is 5.56 Å². The molecule has 1 heterocycles. The number of aromatic carboxylic acids is 1. The van der Waals surface area contributed by atoms with Gasteiger partial charge in [0, 0.05) is 29.0 Å². The minimum Gasteiger partial charge on any atom is -0.478 e. The Morgan fingerprint density at radius 3 is 2.70 bits per heavy atom. The summed E-state index contributed by atoms with van der Waals surface area (Å²) in [5.41, 5.74) is 2.79. The van der Waals surface area contributed by atoms with E-state index in [2.05, 4.69) is 20.6 Å². The van der Waals surface area contributed by atoms with Gasteiger partial charge in [0.05, 0.1) is 5.56 Å². The third-order valence-corrected chi connectivity index (χ3v) is 4.06. The first-order chi connectivity index (χ1) is 13.0. The van der Waals surface area contributed by atoms with E-state index < -0.39 is 5.97 Å². The van der Waals surface area contributed by atoms with E-state index in [0.717, 1.165) is 22.7 Å². The smallest absolute Gasteiger partial charge is 0.335 e. The fraction of sp³-hybridized carbons (Fsp3) is 0.150. The van der Waals surface area contributed by atoms with Gasteiger partial charge in [0.15, 0.2) is 0 Å². The van der Waals surface area contributed by atoms with Crippen molar-refractivity contribution in [3.05, 3.63) is 76.4 Å². The molecule has 0 amide bonds. The SMILES string of the molecule is Cc1cc(Nc2cccc(C(=O)O)c2)nc(NCCc2cccc(Cl)c2)n1. The molecule has 1 aromatic heterocycles. The van der Waals surface area contributed by atoms with Crippen LogP contribution in [-0.2, 0) is 6.42 Å². The zero-order valence-electron chi connectivity index (χ0n) is 14.7. The van der Waals surface area contributed by atoms with Crippen LogP contribution in [0.2, 0.25) is 5.02 Å². The first-order valence-electron chi connectivity index (χ1n) is 8.44. The van der Waals surface area contributed by atoms with E-state index in [1.54, 1.807) is 30.3 Å². The monoisotopic (exact) mass is 382 g/mol. The van der Waals surface area contributed by atoms with Crippen LogP contribution in [0.1, 0.15) is 21.6 Å². The highest BCUT2D eigenvalue weighted by Crippen LogP contribution is 2.18. The largest absolute Gasteiger partial charge is 0.478 e. The van der Waals surface area contributed by atoms with Gasteiger partial charge in [-0.2, -0.15) is 4.98 Å². The van der Waals surface area contributed by atoms with E-state index in [1.807, 2.05) is 31.2 Å². The van der Waals surface area contributed by atoms with Crippen molar-refractivity contribution >= 4 is 35.0 Å². The molecule has 6 nitrogen and oxygen atoms in total. The highest BCUT2D eigenvalue weighted by atomic mass is 35.5. The van der Waals surface area contributed by atoms with Crippen LogP contribution in [0.4, 0.5) is 17.5 Å². The van der Waals surface area contributed by atoms with E-state index in [9.17, 15) is 4.79 Å². The van der Waals surface area contributed by atoms with Gasteiger partial charge >= 0.3 is 5.97 Å². The highest BCUT2D eigenvalue weighted by Gasteiger charge is 2.06. The van der Waals surface area contributed by atoms with Crippen molar-refractivity contribution in [3.63, 3.8) is 0 Å². The van der Waals surface area contributed by atoms with Gasteiger partial charge < -0.3 is 15.7 Å². The normalized spacial score (nSPS) is 10.4. The number of carboxylic acids is 1. The molecule has 0 aliphatic heterocycles. The third-order valence-electron chi connectivity index (χ3n) is 3.82. The van der Waals surface area contributed by atoms with Crippen molar-refractivity contribution in [3.8, 4) is 0 Å². The quantitative estimate of drug-likeness (QED) is 0.556. The van der Waals surface area contributed by atoms with Crippen molar-refractivity contribution in [1.82, 2.24) is 9.97 Å². The van der Waals surface area contributed by atoms with E-state index in [0.29, 0.717) is 24.0 Å². The molecule has 7 heteroatoms. The number of anilines is 3. The van der Waals surface area contributed by atoms with Crippen LogP contribution >= 0.6 is 11.6 Å². The summed E-state index contributed by atoms with van der Waals surface area (Å²) in [6.45, 7) is 2.54. The number of hydrogen-bond donors (Lipinski definition) is 3. The molecule has 2 aromatic carbocycles. The molecule has 0 atom stereocenters. The first kappa shape index (κ1) is 18.7. The number of hydrogen-bond acceptors (Lipinski definition) is 5. The second kappa shape index (κ2) is 8.51. The van der Waals surface area contributed by atoms with Crippen LogP contribution in [0, 0.1) is 6.92 Å². The Labute approximate surface area is 162 Å². The molecule has 0 unspecified atom stereocenters. The number of halogens is 1. The molecular formula is C20H19ClN4O2. The first-order valence-corrected chi connectivity index (χ1v) is 8.82. The van der Waals surface area contributed by atoms with Crippen LogP contribution in [0.15, 0.2) is 54.6 Å². The standard InChI is InChI=1S/C20H19ClN4O2/c1-13-10-18(24-17-7-3-5-15(12-17)19(26)27)25-20(23-13)22-9-8-14-4-2-6-16(21)11-14/h2-7,10-12H,8-9H2,1H3,(H,26,27)(H2,22,23,24,25). The number of carbonyl (C=O) groups is 1. The molecule has 3 rings (SSSR count). The van der Waals surface area contributed by atoms with Crippen LogP contribution in [0.25, 0.3) is 0 Å². The Balaban J connectivity index is 1.67. The maximum Gasteiger partial charge on any atom is 0.335 e. The zero-order chi connectivity index (χ0) is 19.2. The highest BCUT2D eigenvalue weighted by molar-refractivity contribution is 6.30. The van der Waals surface area contributed by atoms with Gasteiger partial charge in [-0.05, 0) is 49.2 Å². The molecule has 3 N–H and O–H groups in total. The zero-order valence-corrected chi connectivity index (χ0v) is 15.5. The lowest BCUT2D eigenvalue weighted by atomic mass is 10.1. The molecule has 27 heavy (non-hydrogen) atoms. The Bertz CT molecular complexity index is 962. The second-order valence-corrected chi connectivity index (χ2v) is 6.47. The number of carboxylic acid groups (broad SMARTS) is 1. The van der Waals surface area contributed by atoms with Crippen molar-refractivity contribution in [2.24, 2.45) is 0 Å². The second-order valence-electron chi connectivity index (χ2n) is 6.04. The predicted octanol–water partition coefficient (Wildman–Crippen LogP) is 4.53. The van der Waals surface area contributed by atoms with Gasteiger partial charge in [0.25, 0.3) is 0 Å². The van der Waals surface area contributed by atoms with Gasteiger partial charge in [-0.3, -0.25) is 0 Å². The Morgan fingerprint density at radius 2 is 1.93 bits per heavy atom. The lowest BCUT2D eigenvalue weighted by Crippen LogP contribution is -2.09. The summed E-state index contributed by atoms with van der Waals surface area (Å²) in [4.78, 5) is 19.9. The number of aryl methyl sites for hydroxylation is 1. The summed E-state index contributed by atoms with van der Waals surface area (Å²) < 4.78 is 0. The van der Waals surface area contributed by atoms with E-state index in [4.69, 9.17) is 16.7 Å². The molecule has 0 aliphatic rings. The fourth-order valence-corrected chi connectivity index (χ4v) is 2.81. The van der Waals surface area contributed by atoms with Crippen molar-refractivity contribution in [1.29, 1.82) is 0 Å². The molecule has 0 saturated carbocycles. The molecule has 3 aromatic rings. The number of benzene rings is 2. The van der Waals surface area contributed by atoms with Gasteiger partial charge in [-0.1, -0.05) is 29.8 Å². The average molecular weight is 383 g/mol. The topological polar surface area (TPSA) is 87.1 Å². The Kier molecular flexibility index (Phi) is 5.88. The number of nitrogens with zero attached hydrogens (tertiary/aromatic N) is 2. The number of nitrogens with one attached hydrogen (secondary N) is 2. The van der Waals surface area contributed by atoms with Gasteiger partial charge in [0.1, 0.15) is 5.82 Å². The predicted molar refractivity (Wildman–Crippen MR) is 107 cm³/mol. The maximum atomic E-state index is 11.1. The van der Waals surface area contributed by atoms with Crippen LogP contribution in [0.5, 0.6) is 0 Å². The molecule has 0 saturated heterocycles. The van der Waals surface area contributed by atoms with Crippen LogP contribution in [0.3, 0.4) is 0 Å². The molecule has 138 valence electrons. The summed E-state index contributed by atoms with van der Waals surface area (Å²) in [5.74, 6) is 0.130. The molecule has 0 spiro atoms. The van der Waals surface area contributed by atoms with Gasteiger partial charge in [0.2, 0.25) is 5.95 Å². The molecule has 0 aliphatic carbocycles. The fourth-order valence-electron chi connectivity index (χ4n) is 2.60. The molecule has 0 fully saturated rings. The van der Waals surface area contributed by atoms with Crippen LogP contribution < -0.4 is 10.6 Å². The Hall–Kier alpha value is -3.12. The summed E-state index contributed by atoms with van der Waals surface area (Å²) >= 11 is 6.00. The number of rotatable bonds is 7. The minimum atomic E-state index is -0.971. The average Bonchev–Trinajstić information content (AvgIpc) is 2.61. The van der Waals surface area contributed by atoms with Crippen molar-refractivity contribution in [2.75, 3.05) is 17.2 Å². The Morgan fingerprint density at radius 1 is 1.11 bits per heavy atom. The van der Waals surface area contributed by atoms with E-state index >= 15 is 0 Å². The number of aromatic nitrogens is 2. The van der Waals surface area contributed by atoms with Crippen molar-refractivity contribution in [2.45, 2.75) is 13.3 Å². The summed E-state index contributed by atoms with van der Waals surface area (Å²) in [5, 5.41) is 16.2. The maximum absolute atomic E-state index is 11.1. The summed E-state index contributed by atoms with van der Waals surface area (Å²) in [6.07, 6.45) is 0.793. The molecular weight excluding hydrogens is 364 g/mol.